The highest BCUT2D eigenvalue weighted by Crippen LogP contribution is 2.43. The molecule has 1 unspecified atom stereocenters. The van der Waals surface area contributed by atoms with Crippen LogP contribution >= 0.6 is 0 Å². The Bertz CT molecular complexity index is 520. The lowest BCUT2D eigenvalue weighted by atomic mass is 9.89. The summed E-state index contributed by atoms with van der Waals surface area (Å²) in [5.74, 6) is 0.544. The largest absolute Gasteiger partial charge is 0.316 e. The Labute approximate surface area is 111 Å². The van der Waals surface area contributed by atoms with Gasteiger partial charge in [-0.2, -0.15) is 0 Å². The van der Waals surface area contributed by atoms with Crippen LogP contribution in [0.3, 0.4) is 0 Å². The van der Waals surface area contributed by atoms with Gasteiger partial charge in [0.1, 0.15) is 0 Å². The van der Waals surface area contributed by atoms with Crippen molar-refractivity contribution < 1.29 is 0 Å². The number of benzene rings is 1. The summed E-state index contributed by atoms with van der Waals surface area (Å²) in [4.78, 5) is 0. The Morgan fingerprint density at radius 1 is 1.06 bits per heavy atom. The van der Waals surface area contributed by atoms with Gasteiger partial charge in [0.05, 0.1) is 0 Å². The van der Waals surface area contributed by atoms with Gasteiger partial charge in [-0.3, -0.25) is 0 Å². The first kappa shape index (κ1) is 13.1. The van der Waals surface area contributed by atoms with Crippen molar-refractivity contribution in [3.05, 3.63) is 52.1 Å². The quantitative estimate of drug-likeness (QED) is 0.837. The molecule has 1 N–H and O–H groups in total. The summed E-state index contributed by atoms with van der Waals surface area (Å²) >= 11 is 0. The van der Waals surface area contributed by atoms with Crippen molar-refractivity contribution in [2.75, 3.05) is 7.05 Å². The minimum atomic E-state index is 0.544. The van der Waals surface area contributed by atoms with Crippen LogP contribution in [0.1, 0.15) is 38.8 Å². The van der Waals surface area contributed by atoms with Crippen molar-refractivity contribution in [3.8, 4) is 0 Å². The van der Waals surface area contributed by atoms with Crippen LogP contribution in [0, 0.1) is 5.92 Å². The molecule has 0 amide bonds. The fourth-order valence-corrected chi connectivity index (χ4v) is 2.93. The molecule has 0 radical (unpaired) electrons. The number of rotatable bonds is 3. The highest BCUT2D eigenvalue weighted by Gasteiger charge is 2.25. The molecule has 0 aliphatic heterocycles. The van der Waals surface area contributed by atoms with E-state index in [4.69, 9.17) is 0 Å². The van der Waals surface area contributed by atoms with Gasteiger partial charge in [0.15, 0.2) is 0 Å². The number of nitrogens with one attached hydrogen (secondary N) is 1. The third kappa shape index (κ3) is 2.04. The molecule has 0 saturated carbocycles. The number of hydrogen-bond donors (Lipinski definition) is 1. The SMILES string of the molecule is CNCc1ccccc1C1=C(C)C(C)=C(C)C1C. The summed E-state index contributed by atoms with van der Waals surface area (Å²) in [5, 5.41) is 3.26. The number of allylic oxidation sites excluding steroid dienone is 4. The Morgan fingerprint density at radius 3 is 2.28 bits per heavy atom. The lowest BCUT2D eigenvalue weighted by Crippen LogP contribution is -2.09. The lowest BCUT2D eigenvalue weighted by Gasteiger charge is -2.17. The second kappa shape index (κ2) is 5.11. The predicted octanol–water partition coefficient (Wildman–Crippen LogP) is 4.17. The highest BCUT2D eigenvalue weighted by atomic mass is 14.8. The van der Waals surface area contributed by atoms with E-state index in [0.717, 1.165) is 6.54 Å². The van der Waals surface area contributed by atoms with E-state index in [1.54, 1.807) is 0 Å². The van der Waals surface area contributed by atoms with Crippen LogP contribution in [0.4, 0.5) is 0 Å². The first-order valence-corrected chi connectivity index (χ1v) is 6.69. The van der Waals surface area contributed by atoms with Gasteiger partial charge in [-0.1, -0.05) is 36.8 Å². The smallest absolute Gasteiger partial charge is 0.0208 e. The first-order chi connectivity index (χ1) is 8.57. The molecule has 96 valence electrons. The summed E-state index contributed by atoms with van der Waals surface area (Å²) in [6.07, 6.45) is 0. The molecule has 0 fully saturated rings. The molecule has 18 heavy (non-hydrogen) atoms. The molecule has 0 heterocycles. The van der Waals surface area contributed by atoms with Crippen LogP contribution in [-0.2, 0) is 6.54 Å². The standard InChI is InChI=1S/C17H23N/c1-11-12(2)14(4)17(13(11)3)16-9-7-6-8-15(16)10-18-5/h6-9,13,18H,10H2,1-5H3. The summed E-state index contributed by atoms with van der Waals surface area (Å²) in [5.41, 5.74) is 8.76. The molecule has 1 atom stereocenters. The zero-order valence-electron chi connectivity index (χ0n) is 12.1. The van der Waals surface area contributed by atoms with E-state index in [0.29, 0.717) is 5.92 Å². The molecule has 1 aliphatic rings. The van der Waals surface area contributed by atoms with Crippen molar-refractivity contribution in [2.24, 2.45) is 5.92 Å². The Kier molecular flexibility index (Phi) is 3.72. The molecular formula is C17H23N. The number of hydrogen-bond acceptors (Lipinski definition) is 1. The van der Waals surface area contributed by atoms with Crippen molar-refractivity contribution in [1.29, 1.82) is 0 Å². The zero-order chi connectivity index (χ0) is 13.3. The molecule has 1 aliphatic carbocycles. The van der Waals surface area contributed by atoms with Gasteiger partial charge in [-0.05, 0) is 55.7 Å². The minimum absolute atomic E-state index is 0.544. The molecule has 1 aromatic carbocycles. The molecule has 1 nitrogen and oxygen atoms in total. The van der Waals surface area contributed by atoms with E-state index < -0.39 is 0 Å². The van der Waals surface area contributed by atoms with Crippen LogP contribution in [0.15, 0.2) is 41.0 Å². The van der Waals surface area contributed by atoms with Gasteiger partial charge in [-0.25, -0.2) is 0 Å². The van der Waals surface area contributed by atoms with Gasteiger partial charge in [0.2, 0.25) is 0 Å². The Morgan fingerprint density at radius 2 is 1.72 bits per heavy atom. The Hall–Kier alpha value is -1.34. The normalized spacial score (nSPS) is 19.9. The van der Waals surface area contributed by atoms with E-state index in [1.165, 1.54) is 33.4 Å². The molecular weight excluding hydrogens is 218 g/mol. The lowest BCUT2D eigenvalue weighted by molar-refractivity contribution is 0.810. The summed E-state index contributed by atoms with van der Waals surface area (Å²) < 4.78 is 0. The predicted molar refractivity (Wildman–Crippen MR) is 79.3 cm³/mol. The average Bonchev–Trinajstić information content (AvgIpc) is 2.56. The molecule has 1 aromatic rings. The molecule has 1 heteroatoms. The summed E-state index contributed by atoms with van der Waals surface area (Å²) in [7, 11) is 2.00. The van der Waals surface area contributed by atoms with Gasteiger partial charge in [0.25, 0.3) is 0 Å². The topological polar surface area (TPSA) is 12.0 Å². The summed E-state index contributed by atoms with van der Waals surface area (Å²) in [6.45, 7) is 10.0. The molecule has 2 rings (SSSR count). The van der Waals surface area contributed by atoms with Crippen LogP contribution in [0.25, 0.3) is 5.57 Å². The third-order valence-electron chi connectivity index (χ3n) is 4.32. The maximum Gasteiger partial charge on any atom is 0.0208 e. The van der Waals surface area contributed by atoms with Gasteiger partial charge >= 0.3 is 0 Å². The van der Waals surface area contributed by atoms with E-state index >= 15 is 0 Å². The van der Waals surface area contributed by atoms with Gasteiger partial charge < -0.3 is 5.32 Å². The fraction of sp³-hybridized carbons (Fsp3) is 0.412. The van der Waals surface area contributed by atoms with Crippen molar-refractivity contribution in [3.63, 3.8) is 0 Å². The van der Waals surface area contributed by atoms with Crippen molar-refractivity contribution in [1.82, 2.24) is 5.32 Å². The highest BCUT2D eigenvalue weighted by molar-refractivity contribution is 5.81. The fourth-order valence-electron chi connectivity index (χ4n) is 2.93. The maximum absolute atomic E-state index is 3.26. The van der Waals surface area contributed by atoms with Crippen LogP contribution in [0.2, 0.25) is 0 Å². The first-order valence-electron chi connectivity index (χ1n) is 6.69. The molecule has 0 saturated heterocycles. The minimum Gasteiger partial charge on any atom is -0.316 e. The van der Waals surface area contributed by atoms with Gasteiger partial charge in [0, 0.05) is 12.5 Å². The van der Waals surface area contributed by atoms with Crippen LogP contribution < -0.4 is 5.32 Å². The van der Waals surface area contributed by atoms with Gasteiger partial charge in [-0.15, -0.1) is 0 Å². The maximum atomic E-state index is 3.26. The van der Waals surface area contributed by atoms with Crippen LogP contribution in [-0.4, -0.2) is 7.05 Å². The molecule has 0 aromatic heterocycles. The van der Waals surface area contributed by atoms with E-state index in [9.17, 15) is 0 Å². The van der Waals surface area contributed by atoms with Crippen molar-refractivity contribution >= 4 is 5.57 Å². The average molecular weight is 241 g/mol. The third-order valence-corrected chi connectivity index (χ3v) is 4.32. The molecule has 0 bridgehead atoms. The zero-order valence-corrected chi connectivity index (χ0v) is 12.1. The second-order valence-electron chi connectivity index (χ2n) is 5.26. The summed E-state index contributed by atoms with van der Waals surface area (Å²) in [6, 6.07) is 8.75. The van der Waals surface area contributed by atoms with E-state index in [2.05, 4.69) is 57.3 Å². The molecule has 0 spiro atoms. The van der Waals surface area contributed by atoms with E-state index in [1.807, 2.05) is 7.05 Å². The monoisotopic (exact) mass is 241 g/mol. The van der Waals surface area contributed by atoms with Crippen LogP contribution in [0.5, 0.6) is 0 Å². The Balaban J connectivity index is 2.52. The second-order valence-corrected chi connectivity index (χ2v) is 5.26. The van der Waals surface area contributed by atoms with E-state index in [-0.39, 0.29) is 0 Å². The van der Waals surface area contributed by atoms with Crippen molar-refractivity contribution in [2.45, 2.75) is 34.2 Å².